The van der Waals surface area contributed by atoms with Crippen molar-refractivity contribution >= 4 is 22.7 Å². The number of carbonyl (C=O) groups excluding carboxylic acids is 2. The number of aliphatic hydroxyl groups is 1. The molecule has 196 valence electrons. The number of hydrogen-bond donors (Lipinski definition) is 2. The van der Waals surface area contributed by atoms with Crippen LogP contribution in [0.15, 0.2) is 57.7 Å². The second-order valence-electron chi connectivity index (χ2n) is 9.90. The molecule has 2 heterocycles. The first-order valence-electron chi connectivity index (χ1n) is 12.7. The minimum absolute atomic E-state index is 0.0617. The van der Waals surface area contributed by atoms with E-state index in [4.69, 9.17) is 14.9 Å². The molecule has 1 aromatic heterocycles. The summed E-state index contributed by atoms with van der Waals surface area (Å²) in [6, 6.07) is 14.6. The molecule has 2 aromatic carbocycles. The normalized spacial score (nSPS) is 16.0. The predicted octanol–water partition coefficient (Wildman–Crippen LogP) is 2.93. The number of primary amides is 1. The van der Waals surface area contributed by atoms with Gasteiger partial charge in [0.1, 0.15) is 22.7 Å². The molecule has 3 N–H and O–H groups in total. The average molecular weight is 507 g/mol. The van der Waals surface area contributed by atoms with Crippen molar-refractivity contribution < 1.29 is 23.8 Å². The van der Waals surface area contributed by atoms with Gasteiger partial charge in [-0.2, -0.15) is 0 Å². The van der Waals surface area contributed by atoms with Gasteiger partial charge in [0, 0.05) is 49.8 Å². The third kappa shape index (κ3) is 7.05. The Labute approximate surface area is 216 Å². The number of fused-ring (bicyclic) bond motifs is 1. The van der Waals surface area contributed by atoms with Gasteiger partial charge in [0.25, 0.3) is 0 Å². The van der Waals surface area contributed by atoms with Crippen molar-refractivity contribution in [2.45, 2.75) is 51.0 Å². The summed E-state index contributed by atoms with van der Waals surface area (Å²) >= 11 is 0. The molecule has 1 fully saturated rings. The second-order valence-corrected chi connectivity index (χ2v) is 9.90. The number of carbonyl (C=O) groups is 2. The lowest BCUT2D eigenvalue weighted by Crippen LogP contribution is -2.47. The van der Waals surface area contributed by atoms with Gasteiger partial charge >= 0.3 is 5.63 Å². The van der Waals surface area contributed by atoms with Gasteiger partial charge in [-0.05, 0) is 62.1 Å². The third-order valence-corrected chi connectivity index (χ3v) is 6.95. The highest BCUT2D eigenvalue weighted by molar-refractivity contribution is 5.84. The van der Waals surface area contributed by atoms with Gasteiger partial charge in [-0.25, -0.2) is 4.79 Å². The van der Waals surface area contributed by atoms with Crippen LogP contribution in [0.3, 0.4) is 0 Å². The number of amides is 1. The van der Waals surface area contributed by atoms with Crippen molar-refractivity contribution in [3.63, 3.8) is 0 Å². The molecule has 1 unspecified atom stereocenters. The number of aryl methyl sites for hydroxylation is 2. The smallest absolute Gasteiger partial charge is 0.339 e. The minimum atomic E-state index is -1.89. The van der Waals surface area contributed by atoms with Gasteiger partial charge in [0.05, 0.1) is 6.61 Å². The van der Waals surface area contributed by atoms with Crippen LogP contribution >= 0.6 is 0 Å². The Hall–Kier alpha value is -3.49. The molecule has 0 spiro atoms. The third-order valence-electron chi connectivity index (χ3n) is 6.95. The summed E-state index contributed by atoms with van der Waals surface area (Å²) in [6.45, 7) is 5.08. The molecular weight excluding hydrogens is 472 g/mol. The van der Waals surface area contributed by atoms with E-state index in [2.05, 4.69) is 4.90 Å². The summed E-state index contributed by atoms with van der Waals surface area (Å²) in [4.78, 5) is 38.3. The van der Waals surface area contributed by atoms with Crippen LogP contribution in [-0.2, 0) is 22.4 Å². The van der Waals surface area contributed by atoms with Crippen molar-refractivity contribution in [2.24, 2.45) is 5.73 Å². The van der Waals surface area contributed by atoms with Crippen molar-refractivity contribution in [2.75, 3.05) is 26.2 Å². The average Bonchev–Trinajstić information content (AvgIpc) is 2.88. The number of Topliss-reactive ketones (excluding diaryl/α,β-unsaturated/α-hetero) is 1. The first-order chi connectivity index (χ1) is 17.7. The van der Waals surface area contributed by atoms with E-state index in [0.717, 1.165) is 48.3 Å². The maximum absolute atomic E-state index is 12.5. The molecule has 8 nitrogen and oxygen atoms in total. The van der Waals surface area contributed by atoms with Crippen LogP contribution < -0.4 is 16.1 Å². The SMILES string of the molecule is Cc1ccc2oc(=O)c(CC(O)(CCc3ccc(OCCCN4CCC(=O)CC4)cc3)C(N)=O)cc2c1. The van der Waals surface area contributed by atoms with Crippen LogP contribution in [0.1, 0.15) is 42.4 Å². The molecule has 0 radical (unpaired) electrons. The van der Waals surface area contributed by atoms with E-state index in [9.17, 15) is 19.5 Å². The fourth-order valence-corrected chi connectivity index (χ4v) is 4.63. The molecule has 4 rings (SSSR count). The van der Waals surface area contributed by atoms with Crippen LogP contribution in [0.5, 0.6) is 5.75 Å². The van der Waals surface area contributed by atoms with E-state index >= 15 is 0 Å². The van der Waals surface area contributed by atoms with E-state index in [1.807, 2.05) is 43.3 Å². The number of likely N-dealkylation sites (tertiary alicyclic amines) is 1. The highest BCUT2D eigenvalue weighted by Crippen LogP contribution is 2.23. The predicted molar refractivity (Wildman–Crippen MR) is 141 cm³/mol. The summed E-state index contributed by atoms with van der Waals surface area (Å²) < 4.78 is 11.2. The Kier molecular flexibility index (Phi) is 8.41. The molecular formula is C29H34N2O6. The van der Waals surface area contributed by atoms with Crippen LogP contribution in [0.4, 0.5) is 0 Å². The summed E-state index contributed by atoms with van der Waals surface area (Å²) in [5.41, 5.74) is 5.65. The lowest BCUT2D eigenvalue weighted by molar-refractivity contribution is -0.136. The van der Waals surface area contributed by atoms with Gasteiger partial charge in [-0.3, -0.25) is 9.59 Å². The van der Waals surface area contributed by atoms with Crippen molar-refractivity contribution in [1.82, 2.24) is 4.90 Å². The molecule has 1 aliphatic heterocycles. The minimum Gasteiger partial charge on any atom is -0.494 e. The number of nitrogens with zero attached hydrogens (tertiary/aromatic N) is 1. The lowest BCUT2D eigenvalue weighted by Gasteiger charge is -2.25. The van der Waals surface area contributed by atoms with Gasteiger partial charge in [0.15, 0.2) is 0 Å². The molecule has 0 bridgehead atoms. The van der Waals surface area contributed by atoms with Crippen LogP contribution in [-0.4, -0.2) is 53.5 Å². The quantitative estimate of drug-likeness (QED) is 0.303. The first-order valence-corrected chi connectivity index (χ1v) is 12.7. The number of rotatable bonds is 11. The fraction of sp³-hybridized carbons (Fsp3) is 0.414. The van der Waals surface area contributed by atoms with Gasteiger partial charge in [-0.15, -0.1) is 0 Å². The molecule has 37 heavy (non-hydrogen) atoms. The van der Waals surface area contributed by atoms with Gasteiger partial charge in [0.2, 0.25) is 5.91 Å². The second kappa shape index (κ2) is 11.7. The summed E-state index contributed by atoms with van der Waals surface area (Å²) in [5.74, 6) is 0.206. The fourth-order valence-electron chi connectivity index (χ4n) is 4.63. The Morgan fingerprint density at radius 3 is 2.54 bits per heavy atom. The van der Waals surface area contributed by atoms with E-state index in [1.54, 1.807) is 12.1 Å². The number of ketones is 1. The zero-order valence-corrected chi connectivity index (χ0v) is 21.2. The highest BCUT2D eigenvalue weighted by atomic mass is 16.5. The number of nitrogens with two attached hydrogens (primary N) is 1. The molecule has 8 heteroatoms. The Morgan fingerprint density at radius 1 is 1.11 bits per heavy atom. The van der Waals surface area contributed by atoms with Crippen LogP contribution in [0, 0.1) is 6.92 Å². The summed E-state index contributed by atoms with van der Waals surface area (Å²) in [6.07, 6.45) is 2.40. The molecule has 3 aromatic rings. The van der Waals surface area contributed by atoms with Crippen molar-refractivity contribution in [3.05, 3.63) is 75.6 Å². The van der Waals surface area contributed by atoms with Crippen LogP contribution in [0.25, 0.3) is 11.0 Å². The number of ether oxygens (including phenoxy) is 1. The molecule has 1 aliphatic rings. The van der Waals surface area contributed by atoms with E-state index in [1.165, 1.54) is 0 Å². The monoisotopic (exact) mass is 506 g/mol. The van der Waals surface area contributed by atoms with E-state index in [0.29, 0.717) is 37.2 Å². The number of hydrogen-bond acceptors (Lipinski definition) is 7. The summed E-state index contributed by atoms with van der Waals surface area (Å²) in [7, 11) is 0. The molecule has 0 saturated carbocycles. The van der Waals surface area contributed by atoms with Crippen LogP contribution in [0.2, 0.25) is 0 Å². The molecule has 1 saturated heterocycles. The lowest BCUT2D eigenvalue weighted by atomic mass is 9.88. The largest absolute Gasteiger partial charge is 0.494 e. The Balaban J connectivity index is 1.31. The zero-order chi connectivity index (χ0) is 26.4. The Morgan fingerprint density at radius 2 is 1.84 bits per heavy atom. The maximum Gasteiger partial charge on any atom is 0.339 e. The van der Waals surface area contributed by atoms with E-state index in [-0.39, 0.29) is 18.4 Å². The summed E-state index contributed by atoms with van der Waals surface area (Å²) in [5, 5.41) is 11.8. The Bertz CT molecular complexity index is 1310. The standard InChI is InChI=1S/C29H34N2O6/c1-20-3-8-26-22(17-20)18-23(27(33)37-26)19-29(35,28(30)34)12-9-21-4-6-25(7-5-21)36-16-2-13-31-14-10-24(32)11-15-31/h3-8,17-18,35H,2,9-16,19H2,1H3,(H2,30,34). The van der Waals surface area contributed by atoms with Gasteiger partial charge in [-0.1, -0.05) is 23.8 Å². The number of benzene rings is 2. The molecule has 0 aliphatic carbocycles. The van der Waals surface area contributed by atoms with Crippen molar-refractivity contribution in [3.8, 4) is 5.75 Å². The molecule has 1 atom stereocenters. The first kappa shape index (κ1) is 26.6. The van der Waals surface area contributed by atoms with Gasteiger partial charge < -0.3 is 24.9 Å². The van der Waals surface area contributed by atoms with Crippen molar-refractivity contribution in [1.29, 1.82) is 0 Å². The topological polar surface area (TPSA) is 123 Å². The molecule has 1 amide bonds. The zero-order valence-electron chi connectivity index (χ0n) is 21.2. The van der Waals surface area contributed by atoms with E-state index < -0.39 is 17.1 Å². The highest BCUT2D eigenvalue weighted by Gasteiger charge is 2.35. The number of piperidine rings is 1. The maximum atomic E-state index is 12.5.